The van der Waals surface area contributed by atoms with Gasteiger partial charge in [-0.3, -0.25) is 4.79 Å². The Labute approximate surface area is 138 Å². The van der Waals surface area contributed by atoms with Crippen LogP contribution in [0, 0.1) is 22.8 Å². The Balaban J connectivity index is 1.66. The van der Waals surface area contributed by atoms with Gasteiger partial charge in [0.2, 0.25) is 10.0 Å². The first kappa shape index (κ1) is 16.7. The van der Waals surface area contributed by atoms with Gasteiger partial charge in [0, 0.05) is 18.4 Å². The number of carbonyl (C=O) groups is 1. The molecule has 1 N–H and O–H groups in total. The third-order valence-electron chi connectivity index (χ3n) is 6.10. The van der Waals surface area contributed by atoms with Crippen molar-refractivity contribution in [3.63, 3.8) is 0 Å². The van der Waals surface area contributed by atoms with Gasteiger partial charge in [-0.1, -0.05) is 38.1 Å². The topological polar surface area (TPSA) is 63.2 Å². The molecule has 1 aromatic rings. The SMILES string of the molecule is CC1(C)C2CCC1(CS(=O)(=O)NCCc1cc[c]cc1)C(=O)C2. The summed E-state index contributed by atoms with van der Waals surface area (Å²) in [6.07, 6.45) is 2.86. The van der Waals surface area contributed by atoms with Gasteiger partial charge < -0.3 is 0 Å². The fraction of sp³-hybridized carbons (Fsp3) is 0.611. The van der Waals surface area contributed by atoms with E-state index in [1.54, 1.807) is 0 Å². The molecular formula is C18H24NO3S. The highest BCUT2D eigenvalue weighted by Gasteiger charge is 2.65. The second-order valence-corrected chi connectivity index (χ2v) is 9.29. The third kappa shape index (κ3) is 2.85. The lowest BCUT2D eigenvalue weighted by Crippen LogP contribution is -2.45. The van der Waals surface area contributed by atoms with E-state index < -0.39 is 15.4 Å². The van der Waals surface area contributed by atoms with Crippen molar-refractivity contribution in [2.24, 2.45) is 16.7 Å². The van der Waals surface area contributed by atoms with Gasteiger partial charge in [-0.15, -0.1) is 0 Å². The first-order valence-electron chi connectivity index (χ1n) is 8.22. The average Bonchev–Trinajstić information content (AvgIpc) is 2.82. The summed E-state index contributed by atoms with van der Waals surface area (Å²) >= 11 is 0. The summed E-state index contributed by atoms with van der Waals surface area (Å²) in [5.41, 5.74) is 0.169. The molecule has 2 aliphatic carbocycles. The second-order valence-electron chi connectivity index (χ2n) is 7.48. The summed E-state index contributed by atoms with van der Waals surface area (Å²) in [4.78, 5) is 12.5. The summed E-state index contributed by atoms with van der Waals surface area (Å²) in [6, 6.07) is 10.4. The number of ketones is 1. The second kappa shape index (κ2) is 5.71. The lowest BCUT2D eigenvalue weighted by molar-refractivity contribution is -0.128. The number of Topliss-reactive ketones (excluding diaryl/α,β-unsaturated/α-hetero) is 1. The van der Waals surface area contributed by atoms with Crippen LogP contribution in [0.5, 0.6) is 0 Å². The van der Waals surface area contributed by atoms with E-state index in [0.29, 0.717) is 31.7 Å². The molecule has 2 saturated carbocycles. The quantitative estimate of drug-likeness (QED) is 0.868. The molecule has 0 aromatic heterocycles. The Morgan fingerprint density at radius 2 is 2.00 bits per heavy atom. The summed E-state index contributed by atoms with van der Waals surface area (Å²) < 4.78 is 27.7. The molecule has 5 heteroatoms. The third-order valence-corrected chi connectivity index (χ3v) is 7.62. The summed E-state index contributed by atoms with van der Waals surface area (Å²) in [7, 11) is -3.46. The average molecular weight is 334 g/mol. The fourth-order valence-corrected chi connectivity index (χ4v) is 6.26. The van der Waals surface area contributed by atoms with Crippen LogP contribution in [0.2, 0.25) is 0 Å². The number of hydrogen-bond acceptors (Lipinski definition) is 3. The first-order valence-corrected chi connectivity index (χ1v) is 9.88. The van der Waals surface area contributed by atoms with E-state index in [9.17, 15) is 13.2 Å². The summed E-state index contributed by atoms with van der Waals surface area (Å²) in [5.74, 6) is 0.416. The van der Waals surface area contributed by atoms with Crippen molar-refractivity contribution < 1.29 is 13.2 Å². The Morgan fingerprint density at radius 3 is 2.57 bits per heavy atom. The van der Waals surface area contributed by atoms with Crippen LogP contribution in [0.1, 0.15) is 38.7 Å². The van der Waals surface area contributed by atoms with Crippen molar-refractivity contribution >= 4 is 15.8 Å². The van der Waals surface area contributed by atoms with E-state index >= 15 is 0 Å². The predicted octanol–water partition coefficient (Wildman–Crippen LogP) is 2.34. The van der Waals surface area contributed by atoms with Crippen LogP contribution in [-0.2, 0) is 21.2 Å². The van der Waals surface area contributed by atoms with E-state index in [1.807, 2.05) is 24.3 Å². The number of benzene rings is 1. The van der Waals surface area contributed by atoms with Gasteiger partial charge >= 0.3 is 0 Å². The Hall–Kier alpha value is -1.20. The molecule has 0 saturated heterocycles. The minimum Gasteiger partial charge on any atom is -0.299 e. The first-order chi connectivity index (χ1) is 10.8. The maximum Gasteiger partial charge on any atom is 0.212 e. The van der Waals surface area contributed by atoms with Gasteiger partial charge in [-0.25, -0.2) is 13.1 Å². The zero-order chi connectivity index (χ0) is 16.7. The molecule has 125 valence electrons. The summed E-state index contributed by atoms with van der Waals surface area (Å²) in [5, 5.41) is 0. The molecule has 2 bridgehead atoms. The molecule has 0 aliphatic heterocycles. The van der Waals surface area contributed by atoms with Crippen molar-refractivity contribution in [1.29, 1.82) is 0 Å². The van der Waals surface area contributed by atoms with Crippen molar-refractivity contribution in [3.8, 4) is 0 Å². The lowest BCUT2D eigenvalue weighted by Gasteiger charge is -2.36. The fourth-order valence-electron chi connectivity index (χ4n) is 4.42. The number of hydrogen-bond donors (Lipinski definition) is 1. The van der Waals surface area contributed by atoms with E-state index in [0.717, 1.165) is 12.0 Å². The van der Waals surface area contributed by atoms with Crippen LogP contribution in [0.3, 0.4) is 0 Å². The van der Waals surface area contributed by atoms with Crippen LogP contribution in [0.25, 0.3) is 0 Å². The number of fused-ring (bicyclic) bond motifs is 2. The minimum absolute atomic E-state index is 0.0646. The molecule has 2 unspecified atom stereocenters. The van der Waals surface area contributed by atoms with E-state index in [-0.39, 0.29) is 17.0 Å². The van der Waals surface area contributed by atoms with Crippen LogP contribution in [0.15, 0.2) is 24.3 Å². The van der Waals surface area contributed by atoms with Gasteiger partial charge in [0.1, 0.15) is 5.78 Å². The largest absolute Gasteiger partial charge is 0.299 e. The Morgan fingerprint density at radius 1 is 1.30 bits per heavy atom. The molecule has 0 heterocycles. The smallest absolute Gasteiger partial charge is 0.212 e. The monoisotopic (exact) mass is 334 g/mol. The van der Waals surface area contributed by atoms with Crippen molar-refractivity contribution in [1.82, 2.24) is 4.72 Å². The molecule has 23 heavy (non-hydrogen) atoms. The van der Waals surface area contributed by atoms with Gasteiger partial charge in [-0.05, 0) is 42.2 Å². The van der Waals surface area contributed by atoms with Gasteiger partial charge in [0.25, 0.3) is 0 Å². The van der Waals surface area contributed by atoms with Gasteiger partial charge in [0.05, 0.1) is 5.75 Å². The molecule has 0 amide bonds. The molecule has 2 fully saturated rings. The van der Waals surface area contributed by atoms with Crippen LogP contribution < -0.4 is 4.72 Å². The van der Waals surface area contributed by atoms with E-state index in [2.05, 4.69) is 24.6 Å². The highest BCUT2D eigenvalue weighted by atomic mass is 32.2. The van der Waals surface area contributed by atoms with Crippen LogP contribution in [-0.4, -0.2) is 26.5 Å². The standard InChI is InChI=1S/C18H24NO3S/c1-17(2)15-8-10-18(17,16(20)12-15)13-23(21,22)19-11-9-14-6-4-3-5-7-14/h4-7,15,19H,8-13H2,1-2H3. The highest BCUT2D eigenvalue weighted by molar-refractivity contribution is 7.89. The number of nitrogens with one attached hydrogen (secondary N) is 1. The predicted molar refractivity (Wildman–Crippen MR) is 89.3 cm³/mol. The number of rotatable bonds is 6. The molecule has 0 spiro atoms. The maximum atomic E-state index is 12.5. The van der Waals surface area contributed by atoms with E-state index in [1.165, 1.54) is 0 Å². The highest BCUT2D eigenvalue weighted by Crippen LogP contribution is 2.64. The number of sulfonamides is 1. The number of carbonyl (C=O) groups excluding carboxylic acids is 1. The molecule has 1 aromatic carbocycles. The van der Waals surface area contributed by atoms with E-state index in [4.69, 9.17) is 0 Å². The molecule has 2 aliphatic rings. The summed E-state index contributed by atoms with van der Waals surface area (Å²) in [6.45, 7) is 4.48. The Kier molecular flexibility index (Phi) is 4.13. The Bertz CT molecular complexity index is 696. The molecule has 1 radical (unpaired) electrons. The van der Waals surface area contributed by atoms with Crippen LogP contribution in [0.4, 0.5) is 0 Å². The molecular weight excluding hydrogens is 310 g/mol. The minimum atomic E-state index is -3.46. The molecule has 3 rings (SSSR count). The zero-order valence-electron chi connectivity index (χ0n) is 13.8. The normalized spacial score (nSPS) is 29.1. The van der Waals surface area contributed by atoms with Gasteiger partial charge in [-0.2, -0.15) is 0 Å². The lowest BCUT2D eigenvalue weighted by atomic mass is 9.70. The zero-order valence-corrected chi connectivity index (χ0v) is 14.6. The van der Waals surface area contributed by atoms with Crippen molar-refractivity contribution in [2.45, 2.75) is 39.5 Å². The maximum absolute atomic E-state index is 12.5. The molecule has 2 atom stereocenters. The van der Waals surface area contributed by atoms with Crippen LogP contribution >= 0.6 is 0 Å². The molecule has 4 nitrogen and oxygen atoms in total. The van der Waals surface area contributed by atoms with Crippen molar-refractivity contribution in [3.05, 3.63) is 35.9 Å². The van der Waals surface area contributed by atoms with Gasteiger partial charge in [0.15, 0.2) is 0 Å². The van der Waals surface area contributed by atoms with Crippen molar-refractivity contribution in [2.75, 3.05) is 12.3 Å².